The Labute approximate surface area is 151 Å². The third-order valence-electron chi connectivity index (χ3n) is 3.29. The lowest BCUT2D eigenvalue weighted by Gasteiger charge is -2.10. The average molecular weight is 387 g/mol. The Balaban J connectivity index is 2.00. The zero-order valence-corrected chi connectivity index (χ0v) is 15.2. The fraction of sp³-hybridized carbons (Fsp3) is 0.188. The number of rotatable bonds is 6. The van der Waals surface area contributed by atoms with Gasteiger partial charge in [-0.3, -0.25) is 4.79 Å². The average Bonchev–Trinajstić information content (AvgIpc) is 2.57. The van der Waals surface area contributed by atoms with Crippen molar-refractivity contribution in [1.29, 1.82) is 0 Å². The molecule has 0 bridgehead atoms. The van der Waals surface area contributed by atoms with Crippen molar-refractivity contribution < 1.29 is 13.2 Å². The van der Waals surface area contributed by atoms with E-state index in [0.717, 1.165) is 12.0 Å². The SMILES string of the molecule is CCc1ccc(S(=O)(=O)NCC(=O)Nc2cccc(Cl)c2Cl)cc1. The second-order valence-corrected chi connectivity index (χ2v) is 7.52. The summed E-state index contributed by atoms with van der Waals surface area (Å²) >= 11 is 11.8. The van der Waals surface area contributed by atoms with Gasteiger partial charge >= 0.3 is 0 Å². The molecule has 0 radical (unpaired) electrons. The van der Waals surface area contributed by atoms with E-state index in [9.17, 15) is 13.2 Å². The molecular formula is C16H16Cl2N2O3S. The summed E-state index contributed by atoms with van der Waals surface area (Å²) < 4.78 is 26.6. The molecule has 128 valence electrons. The fourth-order valence-corrected chi connectivity index (χ4v) is 3.27. The van der Waals surface area contributed by atoms with Crippen LogP contribution in [0.15, 0.2) is 47.4 Å². The first-order chi connectivity index (χ1) is 11.3. The van der Waals surface area contributed by atoms with Crippen LogP contribution in [0.25, 0.3) is 0 Å². The van der Waals surface area contributed by atoms with Crippen LogP contribution in [0.5, 0.6) is 0 Å². The maximum atomic E-state index is 12.2. The Morgan fingerprint density at radius 2 is 1.75 bits per heavy atom. The van der Waals surface area contributed by atoms with Crippen LogP contribution < -0.4 is 10.0 Å². The van der Waals surface area contributed by atoms with Crippen LogP contribution in [0.3, 0.4) is 0 Å². The molecule has 0 aliphatic heterocycles. The zero-order valence-electron chi connectivity index (χ0n) is 12.8. The smallest absolute Gasteiger partial charge is 0.241 e. The minimum atomic E-state index is -3.76. The van der Waals surface area contributed by atoms with Crippen molar-refractivity contribution in [2.24, 2.45) is 0 Å². The van der Waals surface area contributed by atoms with E-state index in [1.54, 1.807) is 30.3 Å². The number of carbonyl (C=O) groups excluding carboxylic acids is 1. The Morgan fingerprint density at radius 3 is 2.38 bits per heavy atom. The van der Waals surface area contributed by atoms with Gasteiger partial charge in [0.05, 0.1) is 27.2 Å². The van der Waals surface area contributed by atoms with Crippen LogP contribution in [0.2, 0.25) is 10.0 Å². The molecule has 0 saturated heterocycles. The van der Waals surface area contributed by atoms with Crippen LogP contribution in [0.1, 0.15) is 12.5 Å². The molecule has 2 rings (SSSR count). The van der Waals surface area contributed by atoms with Gasteiger partial charge in [0.2, 0.25) is 15.9 Å². The van der Waals surface area contributed by atoms with E-state index < -0.39 is 22.5 Å². The highest BCUT2D eigenvalue weighted by Crippen LogP contribution is 2.29. The molecule has 2 N–H and O–H groups in total. The standard InChI is InChI=1S/C16H16Cl2N2O3S/c1-2-11-6-8-12(9-7-11)24(22,23)19-10-15(21)20-14-5-3-4-13(17)16(14)18/h3-9,19H,2,10H2,1H3,(H,20,21). The van der Waals surface area contributed by atoms with Crippen LogP contribution in [-0.2, 0) is 21.2 Å². The summed E-state index contributed by atoms with van der Waals surface area (Å²) in [4.78, 5) is 12.0. The van der Waals surface area contributed by atoms with E-state index in [-0.39, 0.29) is 9.92 Å². The first-order valence-electron chi connectivity index (χ1n) is 7.16. The predicted octanol–water partition coefficient (Wildman–Crippen LogP) is 3.47. The van der Waals surface area contributed by atoms with Gasteiger partial charge in [-0.05, 0) is 36.2 Å². The van der Waals surface area contributed by atoms with Crippen molar-refractivity contribution in [1.82, 2.24) is 4.72 Å². The molecule has 8 heteroatoms. The summed E-state index contributed by atoms with van der Waals surface area (Å²) in [5.74, 6) is -0.548. The van der Waals surface area contributed by atoms with Crippen LogP contribution in [0.4, 0.5) is 5.69 Å². The van der Waals surface area contributed by atoms with Gasteiger partial charge in [0.25, 0.3) is 0 Å². The Kier molecular flexibility index (Phi) is 6.23. The molecule has 24 heavy (non-hydrogen) atoms. The summed E-state index contributed by atoms with van der Waals surface area (Å²) in [6.45, 7) is 1.56. The van der Waals surface area contributed by atoms with Gasteiger partial charge in [0.1, 0.15) is 0 Å². The van der Waals surface area contributed by atoms with Crippen molar-refractivity contribution in [2.45, 2.75) is 18.2 Å². The molecule has 0 spiro atoms. The van der Waals surface area contributed by atoms with E-state index in [1.807, 2.05) is 6.92 Å². The highest BCUT2D eigenvalue weighted by molar-refractivity contribution is 7.89. The Morgan fingerprint density at radius 1 is 1.08 bits per heavy atom. The molecular weight excluding hydrogens is 371 g/mol. The van der Waals surface area contributed by atoms with Crippen molar-refractivity contribution >= 4 is 44.8 Å². The normalized spacial score (nSPS) is 11.3. The van der Waals surface area contributed by atoms with Crippen molar-refractivity contribution in [3.05, 3.63) is 58.1 Å². The van der Waals surface area contributed by atoms with Gasteiger partial charge in [0.15, 0.2) is 0 Å². The second-order valence-electron chi connectivity index (χ2n) is 4.97. The number of halogens is 2. The number of carbonyl (C=O) groups is 1. The maximum Gasteiger partial charge on any atom is 0.241 e. The number of nitrogens with one attached hydrogen (secondary N) is 2. The number of hydrogen-bond donors (Lipinski definition) is 2. The number of hydrogen-bond acceptors (Lipinski definition) is 3. The van der Waals surface area contributed by atoms with Gasteiger partial charge in [-0.1, -0.05) is 48.3 Å². The lowest BCUT2D eigenvalue weighted by atomic mass is 10.2. The predicted molar refractivity (Wildman–Crippen MR) is 96.1 cm³/mol. The number of anilines is 1. The van der Waals surface area contributed by atoms with E-state index in [4.69, 9.17) is 23.2 Å². The van der Waals surface area contributed by atoms with Crippen molar-refractivity contribution in [2.75, 3.05) is 11.9 Å². The lowest BCUT2D eigenvalue weighted by molar-refractivity contribution is -0.115. The molecule has 5 nitrogen and oxygen atoms in total. The number of aryl methyl sites for hydroxylation is 1. The summed E-state index contributed by atoms with van der Waals surface area (Å²) in [7, 11) is -3.76. The molecule has 0 saturated carbocycles. The summed E-state index contributed by atoms with van der Waals surface area (Å²) in [6, 6.07) is 11.3. The number of sulfonamides is 1. The largest absolute Gasteiger partial charge is 0.324 e. The van der Waals surface area contributed by atoms with Crippen molar-refractivity contribution in [3.63, 3.8) is 0 Å². The van der Waals surface area contributed by atoms with Gasteiger partial charge in [-0.25, -0.2) is 13.1 Å². The third kappa shape index (κ3) is 4.70. The maximum absolute atomic E-state index is 12.2. The molecule has 1 amide bonds. The highest BCUT2D eigenvalue weighted by atomic mass is 35.5. The van der Waals surface area contributed by atoms with Gasteiger partial charge < -0.3 is 5.32 Å². The molecule has 0 atom stereocenters. The van der Waals surface area contributed by atoms with Crippen LogP contribution >= 0.6 is 23.2 Å². The third-order valence-corrected chi connectivity index (χ3v) is 5.53. The van der Waals surface area contributed by atoms with E-state index in [2.05, 4.69) is 10.0 Å². The minimum Gasteiger partial charge on any atom is -0.324 e. The van der Waals surface area contributed by atoms with Gasteiger partial charge in [-0.15, -0.1) is 0 Å². The quantitative estimate of drug-likeness (QED) is 0.797. The summed E-state index contributed by atoms with van der Waals surface area (Å²) in [5.41, 5.74) is 1.35. The first kappa shape index (κ1) is 18.7. The van der Waals surface area contributed by atoms with E-state index in [0.29, 0.717) is 10.7 Å². The van der Waals surface area contributed by atoms with Crippen LogP contribution in [-0.4, -0.2) is 20.9 Å². The highest BCUT2D eigenvalue weighted by Gasteiger charge is 2.16. The molecule has 0 aliphatic rings. The summed E-state index contributed by atoms with van der Waals surface area (Å²) in [5, 5.41) is 3.01. The summed E-state index contributed by atoms with van der Waals surface area (Å²) in [6.07, 6.45) is 0.816. The molecule has 0 aliphatic carbocycles. The van der Waals surface area contributed by atoms with E-state index >= 15 is 0 Å². The van der Waals surface area contributed by atoms with Gasteiger partial charge in [0, 0.05) is 0 Å². The fourth-order valence-electron chi connectivity index (χ4n) is 1.94. The minimum absolute atomic E-state index is 0.105. The molecule has 2 aromatic carbocycles. The second kappa shape index (κ2) is 7.98. The molecule has 0 aromatic heterocycles. The molecule has 0 heterocycles. The number of amides is 1. The zero-order chi connectivity index (χ0) is 17.7. The van der Waals surface area contributed by atoms with Crippen molar-refractivity contribution in [3.8, 4) is 0 Å². The Bertz CT molecular complexity index is 837. The van der Waals surface area contributed by atoms with Crippen LogP contribution in [0, 0.1) is 0 Å². The topological polar surface area (TPSA) is 75.3 Å². The Hall–Kier alpha value is -1.60. The van der Waals surface area contributed by atoms with E-state index in [1.165, 1.54) is 12.1 Å². The lowest BCUT2D eigenvalue weighted by Crippen LogP contribution is -2.33. The monoisotopic (exact) mass is 386 g/mol. The van der Waals surface area contributed by atoms with Gasteiger partial charge in [-0.2, -0.15) is 0 Å². The molecule has 0 unspecified atom stereocenters. The molecule has 0 fully saturated rings. The number of benzene rings is 2. The first-order valence-corrected chi connectivity index (χ1v) is 9.40. The molecule has 2 aromatic rings.